The minimum absolute atomic E-state index is 0.160. The molecule has 1 aliphatic heterocycles. The standard InChI is InChI=1S/C11H13F3N2S.C2H6/c12-11(13,14)8-5-9(15)7-10(6-8)16-1-3-17-4-2-16;1-2/h5-7H,1-4,15H2;1-2H3. The molecule has 19 heavy (non-hydrogen) atoms. The molecule has 0 bridgehead atoms. The van der Waals surface area contributed by atoms with Crippen LogP contribution in [-0.4, -0.2) is 24.6 Å². The number of hydrogen-bond donors (Lipinski definition) is 1. The number of benzene rings is 1. The summed E-state index contributed by atoms with van der Waals surface area (Å²) in [6, 6.07) is 3.75. The summed E-state index contributed by atoms with van der Waals surface area (Å²) < 4.78 is 37.9. The summed E-state index contributed by atoms with van der Waals surface area (Å²) in [5.41, 5.74) is 5.58. The first-order valence-electron chi connectivity index (χ1n) is 6.27. The van der Waals surface area contributed by atoms with Crippen molar-refractivity contribution >= 4 is 23.1 Å². The summed E-state index contributed by atoms with van der Waals surface area (Å²) in [5, 5.41) is 0. The molecular weight excluding hydrogens is 273 g/mol. The smallest absolute Gasteiger partial charge is 0.399 e. The normalized spacial score (nSPS) is 15.7. The quantitative estimate of drug-likeness (QED) is 0.797. The Morgan fingerprint density at radius 3 is 2.21 bits per heavy atom. The monoisotopic (exact) mass is 292 g/mol. The number of thioether (sulfide) groups is 1. The van der Waals surface area contributed by atoms with Crippen molar-refractivity contribution in [3.63, 3.8) is 0 Å². The van der Waals surface area contributed by atoms with Crippen molar-refractivity contribution in [3.8, 4) is 0 Å². The first kappa shape index (κ1) is 16.0. The summed E-state index contributed by atoms with van der Waals surface area (Å²) >= 11 is 1.81. The molecular formula is C13H19F3N2S. The van der Waals surface area contributed by atoms with Gasteiger partial charge in [-0.15, -0.1) is 0 Å². The predicted molar refractivity (Wildman–Crippen MR) is 76.7 cm³/mol. The van der Waals surface area contributed by atoms with Crippen LogP contribution in [0.5, 0.6) is 0 Å². The lowest BCUT2D eigenvalue weighted by atomic mass is 10.1. The molecule has 0 radical (unpaired) electrons. The molecule has 0 atom stereocenters. The Bertz CT molecular complexity index is 401. The number of nitrogens with two attached hydrogens (primary N) is 1. The Kier molecular flexibility index (Phi) is 5.85. The maximum atomic E-state index is 12.6. The van der Waals surface area contributed by atoms with Crippen molar-refractivity contribution in [1.29, 1.82) is 0 Å². The average Bonchev–Trinajstić information content (AvgIpc) is 2.40. The third-order valence-corrected chi connectivity index (χ3v) is 3.59. The fourth-order valence-corrected chi connectivity index (χ4v) is 2.71. The highest BCUT2D eigenvalue weighted by atomic mass is 32.2. The topological polar surface area (TPSA) is 29.3 Å². The summed E-state index contributed by atoms with van der Waals surface area (Å²) in [5.74, 6) is 1.88. The SMILES string of the molecule is CC.Nc1cc(N2CCSCC2)cc(C(F)(F)F)c1. The molecule has 1 aliphatic rings. The van der Waals surface area contributed by atoms with E-state index in [0.29, 0.717) is 5.69 Å². The van der Waals surface area contributed by atoms with Gasteiger partial charge in [0.15, 0.2) is 0 Å². The van der Waals surface area contributed by atoms with Crippen LogP contribution >= 0.6 is 11.8 Å². The Balaban J connectivity index is 0.000000861. The molecule has 0 saturated carbocycles. The molecule has 1 heterocycles. The van der Waals surface area contributed by atoms with Gasteiger partial charge in [-0.2, -0.15) is 24.9 Å². The van der Waals surface area contributed by atoms with Crippen LogP contribution in [-0.2, 0) is 6.18 Å². The zero-order valence-corrected chi connectivity index (χ0v) is 11.9. The molecule has 1 aromatic rings. The molecule has 1 saturated heterocycles. The van der Waals surface area contributed by atoms with Gasteiger partial charge < -0.3 is 10.6 Å². The van der Waals surface area contributed by atoms with E-state index in [4.69, 9.17) is 5.73 Å². The number of nitrogens with zero attached hydrogens (tertiary/aromatic N) is 1. The van der Waals surface area contributed by atoms with Crippen LogP contribution in [0.1, 0.15) is 19.4 Å². The lowest BCUT2D eigenvalue weighted by Crippen LogP contribution is -2.32. The number of rotatable bonds is 1. The van der Waals surface area contributed by atoms with Gasteiger partial charge in [0.1, 0.15) is 0 Å². The molecule has 2 rings (SSSR count). The van der Waals surface area contributed by atoms with Crippen LogP contribution in [0.2, 0.25) is 0 Å². The molecule has 108 valence electrons. The van der Waals surface area contributed by atoms with Gasteiger partial charge in [0.05, 0.1) is 5.56 Å². The first-order chi connectivity index (χ1) is 8.97. The summed E-state index contributed by atoms with van der Waals surface area (Å²) in [4.78, 5) is 1.95. The van der Waals surface area contributed by atoms with E-state index in [1.807, 2.05) is 30.5 Å². The van der Waals surface area contributed by atoms with E-state index < -0.39 is 11.7 Å². The van der Waals surface area contributed by atoms with Crippen LogP contribution in [0.25, 0.3) is 0 Å². The van der Waals surface area contributed by atoms with Crippen LogP contribution in [0.3, 0.4) is 0 Å². The van der Waals surface area contributed by atoms with Crippen LogP contribution in [0.4, 0.5) is 24.5 Å². The fraction of sp³-hybridized carbons (Fsp3) is 0.538. The molecule has 2 N–H and O–H groups in total. The third kappa shape index (κ3) is 4.53. The van der Waals surface area contributed by atoms with Crippen molar-refractivity contribution in [1.82, 2.24) is 0 Å². The molecule has 0 aliphatic carbocycles. The van der Waals surface area contributed by atoms with Crippen molar-refractivity contribution in [2.45, 2.75) is 20.0 Å². The number of halogens is 3. The van der Waals surface area contributed by atoms with E-state index in [9.17, 15) is 13.2 Å². The largest absolute Gasteiger partial charge is 0.416 e. The van der Waals surface area contributed by atoms with Crippen molar-refractivity contribution in [2.24, 2.45) is 0 Å². The van der Waals surface area contributed by atoms with Gasteiger partial charge in [0, 0.05) is 36.0 Å². The van der Waals surface area contributed by atoms with Gasteiger partial charge in [0.2, 0.25) is 0 Å². The van der Waals surface area contributed by atoms with E-state index in [1.165, 1.54) is 6.07 Å². The molecule has 2 nitrogen and oxygen atoms in total. The second-order valence-electron chi connectivity index (χ2n) is 3.91. The number of nitrogen functional groups attached to an aromatic ring is 1. The molecule has 0 amide bonds. The van der Waals surface area contributed by atoms with Gasteiger partial charge in [-0.1, -0.05) is 13.8 Å². The van der Waals surface area contributed by atoms with E-state index in [1.54, 1.807) is 6.07 Å². The van der Waals surface area contributed by atoms with Gasteiger partial charge in [0.25, 0.3) is 0 Å². The van der Waals surface area contributed by atoms with Crippen LogP contribution in [0, 0.1) is 0 Å². The molecule has 0 aromatic heterocycles. The number of anilines is 2. The lowest BCUT2D eigenvalue weighted by molar-refractivity contribution is -0.137. The summed E-state index contributed by atoms with van der Waals surface area (Å²) in [6.45, 7) is 5.54. The zero-order chi connectivity index (χ0) is 14.5. The zero-order valence-electron chi connectivity index (χ0n) is 11.1. The summed E-state index contributed by atoms with van der Waals surface area (Å²) in [7, 11) is 0. The van der Waals surface area contributed by atoms with Gasteiger partial charge in [-0.3, -0.25) is 0 Å². The van der Waals surface area contributed by atoms with E-state index in [2.05, 4.69) is 0 Å². The van der Waals surface area contributed by atoms with Crippen molar-refractivity contribution < 1.29 is 13.2 Å². The molecule has 6 heteroatoms. The second-order valence-corrected chi connectivity index (χ2v) is 5.14. The molecule has 1 fully saturated rings. The average molecular weight is 292 g/mol. The van der Waals surface area contributed by atoms with Crippen LogP contribution in [0.15, 0.2) is 18.2 Å². The number of hydrogen-bond acceptors (Lipinski definition) is 3. The highest BCUT2D eigenvalue weighted by Crippen LogP contribution is 2.34. The van der Waals surface area contributed by atoms with Crippen molar-refractivity contribution in [3.05, 3.63) is 23.8 Å². The Morgan fingerprint density at radius 1 is 1.11 bits per heavy atom. The molecule has 1 aromatic carbocycles. The minimum Gasteiger partial charge on any atom is -0.399 e. The molecule has 0 spiro atoms. The van der Waals surface area contributed by atoms with Gasteiger partial charge >= 0.3 is 6.18 Å². The summed E-state index contributed by atoms with van der Waals surface area (Å²) in [6.07, 6.45) is -4.34. The van der Waals surface area contributed by atoms with Crippen molar-refractivity contribution in [2.75, 3.05) is 35.2 Å². The maximum absolute atomic E-state index is 12.6. The van der Waals surface area contributed by atoms with E-state index in [0.717, 1.165) is 30.7 Å². The Labute approximate surface area is 116 Å². The minimum atomic E-state index is -4.34. The Hall–Kier alpha value is -1.04. The van der Waals surface area contributed by atoms with Gasteiger partial charge in [-0.05, 0) is 18.2 Å². The van der Waals surface area contributed by atoms with Gasteiger partial charge in [-0.25, -0.2) is 0 Å². The lowest BCUT2D eigenvalue weighted by Gasteiger charge is -2.29. The second kappa shape index (κ2) is 6.93. The third-order valence-electron chi connectivity index (χ3n) is 2.64. The first-order valence-corrected chi connectivity index (χ1v) is 7.43. The predicted octanol–water partition coefficient (Wildman–Crippen LogP) is 3.87. The van der Waals surface area contributed by atoms with E-state index in [-0.39, 0.29) is 5.69 Å². The van der Waals surface area contributed by atoms with Crippen LogP contribution < -0.4 is 10.6 Å². The Morgan fingerprint density at radius 2 is 1.68 bits per heavy atom. The van der Waals surface area contributed by atoms with E-state index >= 15 is 0 Å². The highest BCUT2D eigenvalue weighted by Gasteiger charge is 2.31. The highest BCUT2D eigenvalue weighted by molar-refractivity contribution is 7.99. The fourth-order valence-electron chi connectivity index (χ4n) is 1.80. The molecule has 0 unspecified atom stereocenters. The maximum Gasteiger partial charge on any atom is 0.416 e. The number of alkyl halides is 3.